The van der Waals surface area contributed by atoms with Crippen molar-refractivity contribution in [3.05, 3.63) is 35.6 Å². The topological polar surface area (TPSA) is 119 Å². The van der Waals surface area contributed by atoms with E-state index in [-0.39, 0.29) is 24.3 Å². The largest absolute Gasteiger partial charge is 0.452 e. The first-order chi connectivity index (χ1) is 12.5. The Morgan fingerprint density at radius 1 is 1.27 bits per heavy atom. The standard InChI is InChI=1S/C14H15ClN6O4S/c1-2-24-14(23)17-13(26)19-18-11(22)7-25-12-16-8-21(20-12)10-5-3-9(15)4-6-10/h3-6,8H,2,7H2,1H3,(H,18,22)(H2,17,19,23,26). The van der Waals surface area contributed by atoms with E-state index in [4.69, 9.17) is 28.6 Å². The summed E-state index contributed by atoms with van der Waals surface area (Å²) in [4.78, 5) is 26.7. The predicted octanol–water partition coefficient (Wildman–Crippen LogP) is 0.951. The first-order valence-corrected chi connectivity index (χ1v) is 8.09. The monoisotopic (exact) mass is 398 g/mol. The van der Waals surface area contributed by atoms with Crippen LogP contribution in [0.1, 0.15) is 6.92 Å². The number of amides is 2. The Bertz CT molecular complexity index is 782. The molecule has 138 valence electrons. The number of hydrogen-bond acceptors (Lipinski definition) is 7. The summed E-state index contributed by atoms with van der Waals surface area (Å²) in [5.74, 6) is -0.555. The average Bonchev–Trinajstić information content (AvgIpc) is 3.08. The maximum absolute atomic E-state index is 11.7. The molecular weight excluding hydrogens is 384 g/mol. The minimum absolute atomic E-state index is 0.0160. The van der Waals surface area contributed by atoms with Crippen molar-refractivity contribution in [1.29, 1.82) is 0 Å². The highest BCUT2D eigenvalue weighted by molar-refractivity contribution is 7.80. The van der Waals surface area contributed by atoms with Crippen molar-refractivity contribution >= 4 is 40.9 Å². The van der Waals surface area contributed by atoms with Gasteiger partial charge in [-0.15, -0.1) is 5.10 Å². The third kappa shape index (κ3) is 6.18. The molecule has 10 nitrogen and oxygen atoms in total. The number of aromatic nitrogens is 3. The molecule has 0 unspecified atom stereocenters. The molecule has 26 heavy (non-hydrogen) atoms. The molecule has 0 bridgehead atoms. The summed E-state index contributed by atoms with van der Waals surface area (Å²) in [6, 6.07) is 6.96. The second kappa shape index (κ2) is 9.53. The Hall–Kier alpha value is -2.92. The fourth-order valence-electron chi connectivity index (χ4n) is 1.62. The average molecular weight is 399 g/mol. The summed E-state index contributed by atoms with van der Waals surface area (Å²) >= 11 is 10.6. The molecule has 0 fully saturated rings. The number of hydrogen-bond donors (Lipinski definition) is 3. The van der Waals surface area contributed by atoms with Crippen LogP contribution in [0.25, 0.3) is 5.69 Å². The molecule has 2 amide bonds. The van der Waals surface area contributed by atoms with Crippen LogP contribution in [-0.2, 0) is 9.53 Å². The van der Waals surface area contributed by atoms with E-state index in [9.17, 15) is 9.59 Å². The van der Waals surface area contributed by atoms with Gasteiger partial charge in [0.25, 0.3) is 5.91 Å². The van der Waals surface area contributed by atoms with Crippen LogP contribution in [-0.4, -0.2) is 45.1 Å². The summed E-state index contributed by atoms with van der Waals surface area (Å²) in [7, 11) is 0. The Labute approximate surface area is 158 Å². The summed E-state index contributed by atoms with van der Waals surface area (Å²) in [5, 5.41) is 6.76. The third-order valence-corrected chi connectivity index (χ3v) is 3.16. The van der Waals surface area contributed by atoms with Crippen molar-refractivity contribution in [2.24, 2.45) is 0 Å². The minimum atomic E-state index is -0.729. The number of ether oxygens (including phenoxy) is 2. The predicted molar refractivity (Wildman–Crippen MR) is 95.9 cm³/mol. The van der Waals surface area contributed by atoms with Crippen LogP contribution in [0.4, 0.5) is 4.79 Å². The number of halogens is 1. The highest BCUT2D eigenvalue weighted by Crippen LogP contribution is 2.13. The van der Waals surface area contributed by atoms with Crippen molar-refractivity contribution in [3.8, 4) is 11.7 Å². The van der Waals surface area contributed by atoms with Gasteiger partial charge in [-0.3, -0.25) is 21.0 Å². The Balaban J connectivity index is 1.75. The number of rotatable bonds is 5. The van der Waals surface area contributed by atoms with Gasteiger partial charge in [0.15, 0.2) is 11.7 Å². The van der Waals surface area contributed by atoms with E-state index in [0.717, 1.165) is 5.69 Å². The lowest BCUT2D eigenvalue weighted by molar-refractivity contribution is -0.123. The van der Waals surface area contributed by atoms with Crippen LogP contribution in [0.5, 0.6) is 6.01 Å². The van der Waals surface area contributed by atoms with E-state index < -0.39 is 12.0 Å². The maximum atomic E-state index is 11.7. The van der Waals surface area contributed by atoms with Crippen LogP contribution in [0.2, 0.25) is 5.02 Å². The SMILES string of the molecule is CCOC(=O)NC(=S)NNC(=O)COc1ncn(-c2ccc(Cl)cc2)n1. The number of alkyl carbamates (subject to hydrolysis) is 1. The van der Waals surface area contributed by atoms with E-state index in [2.05, 4.69) is 31.0 Å². The van der Waals surface area contributed by atoms with Gasteiger partial charge in [0.2, 0.25) is 0 Å². The fraction of sp³-hybridized carbons (Fsp3) is 0.214. The molecule has 1 aromatic carbocycles. The van der Waals surface area contributed by atoms with Crippen molar-refractivity contribution in [2.45, 2.75) is 6.92 Å². The van der Waals surface area contributed by atoms with Crippen LogP contribution in [0, 0.1) is 0 Å². The highest BCUT2D eigenvalue weighted by atomic mass is 35.5. The number of carbonyl (C=O) groups excluding carboxylic acids is 2. The van der Waals surface area contributed by atoms with E-state index in [1.54, 1.807) is 31.2 Å². The van der Waals surface area contributed by atoms with Crippen molar-refractivity contribution < 1.29 is 19.1 Å². The van der Waals surface area contributed by atoms with Gasteiger partial charge in [0.1, 0.15) is 6.33 Å². The van der Waals surface area contributed by atoms with E-state index in [1.165, 1.54) is 11.0 Å². The zero-order valence-electron chi connectivity index (χ0n) is 13.6. The first kappa shape index (κ1) is 19.4. The minimum Gasteiger partial charge on any atom is -0.452 e. The molecule has 0 aliphatic carbocycles. The molecule has 12 heteroatoms. The van der Waals surface area contributed by atoms with Gasteiger partial charge in [-0.25, -0.2) is 9.48 Å². The summed E-state index contributed by atoms with van der Waals surface area (Å²) in [6.45, 7) is 1.49. The molecular formula is C14H15ClN6O4S. The van der Waals surface area contributed by atoms with E-state index >= 15 is 0 Å². The van der Waals surface area contributed by atoms with Crippen LogP contribution in [0.15, 0.2) is 30.6 Å². The highest BCUT2D eigenvalue weighted by Gasteiger charge is 2.09. The van der Waals surface area contributed by atoms with Gasteiger partial charge >= 0.3 is 12.1 Å². The quantitative estimate of drug-likeness (QED) is 0.503. The van der Waals surface area contributed by atoms with Gasteiger partial charge in [-0.2, -0.15) is 4.98 Å². The zero-order valence-corrected chi connectivity index (χ0v) is 15.1. The molecule has 0 atom stereocenters. The number of thiocarbonyl (C=S) groups is 1. The van der Waals surface area contributed by atoms with E-state index in [1.807, 2.05) is 0 Å². The molecule has 2 aromatic rings. The molecule has 0 spiro atoms. The molecule has 2 rings (SSSR count). The van der Waals surface area contributed by atoms with Gasteiger partial charge < -0.3 is 9.47 Å². The third-order valence-electron chi connectivity index (χ3n) is 2.70. The van der Waals surface area contributed by atoms with E-state index in [0.29, 0.717) is 5.02 Å². The summed E-state index contributed by atoms with van der Waals surface area (Å²) in [6.07, 6.45) is 0.708. The molecule has 0 aliphatic rings. The Morgan fingerprint density at radius 2 is 2.00 bits per heavy atom. The number of benzene rings is 1. The number of carbonyl (C=O) groups is 2. The van der Waals surface area contributed by atoms with Crippen LogP contribution >= 0.6 is 23.8 Å². The molecule has 1 aromatic heterocycles. The Kier molecular flexibility index (Phi) is 7.12. The van der Waals surface area contributed by atoms with Crippen molar-refractivity contribution in [1.82, 2.24) is 30.9 Å². The lowest BCUT2D eigenvalue weighted by atomic mass is 10.3. The Morgan fingerprint density at radius 3 is 2.69 bits per heavy atom. The van der Waals surface area contributed by atoms with Crippen LogP contribution < -0.4 is 20.9 Å². The van der Waals surface area contributed by atoms with Crippen molar-refractivity contribution in [2.75, 3.05) is 13.2 Å². The smallest absolute Gasteiger partial charge is 0.413 e. The maximum Gasteiger partial charge on any atom is 0.413 e. The number of nitrogens with zero attached hydrogens (tertiary/aromatic N) is 3. The molecule has 0 saturated heterocycles. The lowest BCUT2D eigenvalue weighted by Gasteiger charge is -2.10. The number of hydrazine groups is 1. The molecule has 3 N–H and O–H groups in total. The van der Waals surface area contributed by atoms with Gasteiger partial charge in [-0.05, 0) is 43.4 Å². The molecule has 0 saturated carbocycles. The lowest BCUT2D eigenvalue weighted by Crippen LogP contribution is -2.49. The normalized spacial score (nSPS) is 9.92. The molecule has 0 radical (unpaired) electrons. The summed E-state index contributed by atoms with van der Waals surface area (Å²) in [5.41, 5.74) is 5.30. The first-order valence-electron chi connectivity index (χ1n) is 7.31. The number of nitrogens with one attached hydrogen (secondary N) is 3. The van der Waals surface area contributed by atoms with Gasteiger partial charge in [0.05, 0.1) is 12.3 Å². The molecule has 1 heterocycles. The van der Waals surface area contributed by atoms with Crippen molar-refractivity contribution in [3.63, 3.8) is 0 Å². The summed E-state index contributed by atoms with van der Waals surface area (Å²) < 4.78 is 11.3. The van der Waals surface area contributed by atoms with Crippen LogP contribution in [0.3, 0.4) is 0 Å². The second-order valence-corrected chi connectivity index (χ2v) is 5.43. The molecule has 0 aliphatic heterocycles. The van der Waals surface area contributed by atoms with Gasteiger partial charge in [-0.1, -0.05) is 11.6 Å². The zero-order chi connectivity index (χ0) is 18.9. The second-order valence-electron chi connectivity index (χ2n) is 4.58. The van der Waals surface area contributed by atoms with Gasteiger partial charge in [0, 0.05) is 5.02 Å². The fourth-order valence-corrected chi connectivity index (χ4v) is 1.88.